The Morgan fingerprint density at radius 3 is 2.94 bits per heavy atom. The molecule has 90 valence electrons. The lowest BCUT2D eigenvalue weighted by molar-refractivity contribution is -0.660. The second-order valence-electron chi connectivity index (χ2n) is 4.73. The van der Waals surface area contributed by atoms with Gasteiger partial charge in [-0.2, -0.15) is 4.57 Å². The molecule has 0 saturated carbocycles. The Hall–Kier alpha value is -2.23. The van der Waals surface area contributed by atoms with E-state index >= 15 is 0 Å². The maximum atomic E-state index is 5.91. The van der Waals surface area contributed by atoms with Gasteiger partial charge in [-0.15, -0.1) is 0 Å². The first-order chi connectivity index (χ1) is 8.68. The average Bonchev–Trinajstić information content (AvgIpc) is 2.87. The highest BCUT2D eigenvalue weighted by molar-refractivity contribution is 6.01. The van der Waals surface area contributed by atoms with Crippen LogP contribution in [0, 0.1) is 6.92 Å². The van der Waals surface area contributed by atoms with Gasteiger partial charge in [-0.3, -0.25) is 0 Å². The van der Waals surface area contributed by atoms with Crippen LogP contribution in [-0.4, -0.2) is 4.57 Å². The molecular formula is C14H13N2O2+. The summed E-state index contributed by atoms with van der Waals surface area (Å²) < 4.78 is 15.7. The predicted molar refractivity (Wildman–Crippen MR) is 66.6 cm³/mol. The van der Waals surface area contributed by atoms with E-state index in [9.17, 15) is 0 Å². The fraction of sp³-hybridized carbons (Fsp3) is 0.214. The van der Waals surface area contributed by atoms with Crippen molar-refractivity contribution in [3.05, 3.63) is 30.3 Å². The van der Waals surface area contributed by atoms with Gasteiger partial charge in [0.25, 0.3) is 5.69 Å². The number of aryl methyl sites for hydroxylation is 2. The molecule has 0 radical (unpaired) electrons. The Morgan fingerprint density at radius 2 is 2.11 bits per heavy atom. The van der Waals surface area contributed by atoms with E-state index in [0.717, 1.165) is 28.3 Å². The Labute approximate surface area is 104 Å². The number of pyridine rings is 1. The van der Waals surface area contributed by atoms with E-state index in [-0.39, 0.29) is 0 Å². The van der Waals surface area contributed by atoms with E-state index in [1.807, 2.05) is 32.4 Å². The molecule has 18 heavy (non-hydrogen) atoms. The van der Waals surface area contributed by atoms with Gasteiger partial charge >= 0.3 is 0 Å². The number of ether oxygens (including phenoxy) is 1. The first-order valence-electron chi connectivity index (χ1n) is 5.92. The van der Waals surface area contributed by atoms with Crippen LogP contribution in [0.25, 0.3) is 22.4 Å². The maximum Gasteiger partial charge on any atom is 0.258 e. The number of fused-ring (bicyclic) bond motifs is 2. The summed E-state index contributed by atoms with van der Waals surface area (Å²) in [5.74, 6) is 1.69. The van der Waals surface area contributed by atoms with Crippen LogP contribution in [0.5, 0.6) is 11.5 Å². The Bertz CT molecular complexity index is 796. The summed E-state index contributed by atoms with van der Waals surface area (Å²) in [6.07, 6.45) is 3.72. The summed E-state index contributed by atoms with van der Waals surface area (Å²) in [4.78, 5) is 0. The van der Waals surface area contributed by atoms with Crippen LogP contribution in [0.2, 0.25) is 0 Å². The number of hydrogen-bond acceptors (Lipinski definition) is 2. The molecule has 3 aromatic heterocycles. The normalized spacial score (nSPS) is 12.6. The molecule has 0 aromatic carbocycles. The van der Waals surface area contributed by atoms with Crippen LogP contribution in [0.4, 0.5) is 0 Å². The first kappa shape index (κ1) is 9.76. The lowest BCUT2D eigenvalue weighted by Gasteiger charge is -2.12. The highest BCUT2D eigenvalue weighted by atomic mass is 16.5. The molecule has 0 unspecified atom stereocenters. The molecule has 1 aliphatic rings. The van der Waals surface area contributed by atoms with Gasteiger partial charge in [0.1, 0.15) is 13.3 Å². The molecule has 0 N–H and O–H groups in total. The minimum Gasteiger partial charge on any atom is -0.446 e. The van der Waals surface area contributed by atoms with Gasteiger partial charge in [-0.05, 0) is 13.0 Å². The van der Waals surface area contributed by atoms with Crippen LogP contribution in [0.15, 0.2) is 29.0 Å². The van der Waals surface area contributed by atoms with E-state index in [1.165, 1.54) is 11.3 Å². The van der Waals surface area contributed by atoms with Gasteiger partial charge < -0.3 is 13.7 Å². The van der Waals surface area contributed by atoms with Crippen molar-refractivity contribution in [3.8, 4) is 22.8 Å². The minimum atomic E-state index is 0.808. The molecule has 0 fully saturated rings. The number of furan rings is 1. The molecule has 4 heterocycles. The fourth-order valence-electron chi connectivity index (χ4n) is 2.76. The molecule has 4 heteroatoms. The third-order valence-corrected chi connectivity index (χ3v) is 3.76. The number of aromatic nitrogens is 2. The highest BCUT2D eigenvalue weighted by Crippen LogP contribution is 2.48. The van der Waals surface area contributed by atoms with E-state index < -0.39 is 0 Å². The molecule has 0 spiro atoms. The largest absolute Gasteiger partial charge is 0.446 e. The SMILES string of the molecule is Cc1c2c3c(coc3n1C)Oc1ccc[n+](C)c1-2. The summed E-state index contributed by atoms with van der Waals surface area (Å²) in [6.45, 7) is 2.11. The van der Waals surface area contributed by atoms with E-state index in [2.05, 4.69) is 16.1 Å². The molecule has 4 rings (SSSR count). The van der Waals surface area contributed by atoms with Gasteiger partial charge in [0, 0.05) is 18.8 Å². The average molecular weight is 241 g/mol. The zero-order valence-electron chi connectivity index (χ0n) is 10.5. The minimum absolute atomic E-state index is 0.808. The zero-order chi connectivity index (χ0) is 12.4. The van der Waals surface area contributed by atoms with Crippen molar-refractivity contribution in [2.24, 2.45) is 14.1 Å². The monoisotopic (exact) mass is 241 g/mol. The van der Waals surface area contributed by atoms with Crippen molar-refractivity contribution in [3.63, 3.8) is 0 Å². The third-order valence-electron chi connectivity index (χ3n) is 3.76. The molecule has 0 amide bonds. The second-order valence-corrected chi connectivity index (χ2v) is 4.73. The molecule has 0 atom stereocenters. The summed E-state index contributed by atoms with van der Waals surface area (Å²) in [5, 5.41) is 1.07. The molecule has 3 aromatic rings. The molecule has 0 bridgehead atoms. The van der Waals surface area contributed by atoms with E-state index in [4.69, 9.17) is 9.15 Å². The quantitative estimate of drug-likeness (QED) is 0.443. The van der Waals surface area contributed by atoms with Crippen LogP contribution in [-0.2, 0) is 14.1 Å². The lowest BCUT2D eigenvalue weighted by Crippen LogP contribution is -2.31. The van der Waals surface area contributed by atoms with E-state index in [1.54, 1.807) is 6.26 Å². The highest BCUT2D eigenvalue weighted by Gasteiger charge is 2.33. The van der Waals surface area contributed by atoms with Crippen LogP contribution < -0.4 is 9.30 Å². The van der Waals surface area contributed by atoms with Gasteiger partial charge in [-0.1, -0.05) is 0 Å². The van der Waals surface area contributed by atoms with Crippen LogP contribution >= 0.6 is 0 Å². The van der Waals surface area contributed by atoms with Crippen molar-refractivity contribution >= 4 is 11.1 Å². The standard InChI is InChI=1S/C14H13N2O2/c1-8-11-12-10(7-17-14(12)16(8)3)18-9-5-4-6-15(2)13(9)11/h4-7H,1-3H3/q+1. The van der Waals surface area contributed by atoms with Crippen LogP contribution in [0.3, 0.4) is 0 Å². The molecule has 1 aliphatic heterocycles. The Balaban J connectivity index is 2.26. The molecular weight excluding hydrogens is 228 g/mol. The topological polar surface area (TPSA) is 31.2 Å². The first-order valence-corrected chi connectivity index (χ1v) is 5.92. The van der Waals surface area contributed by atoms with E-state index in [0.29, 0.717) is 0 Å². The lowest BCUT2D eigenvalue weighted by atomic mass is 10.1. The summed E-state index contributed by atoms with van der Waals surface area (Å²) in [6, 6.07) is 3.98. The number of nitrogens with zero attached hydrogens (tertiary/aromatic N) is 2. The predicted octanol–water partition coefficient (Wildman–Crippen LogP) is 2.68. The molecule has 4 nitrogen and oxygen atoms in total. The second kappa shape index (κ2) is 2.96. The summed E-state index contributed by atoms with van der Waals surface area (Å²) in [5.41, 5.74) is 4.37. The summed E-state index contributed by atoms with van der Waals surface area (Å²) >= 11 is 0. The Kier molecular flexibility index (Phi) is 1.60. The number of hydrogen-bond donors (Lipinski definition) is 0. The van der Waals surface area contributed by atoms with Crippen molar-refractivity contribution in [1.29, 1.82) is 0 Å². The Morgan fingerprint density at radius 1 is 1.28 bits per heavy atom. The maximum absolute atomic E-state index is 5.91. The fourth-order valence-corrected chi connectivity index (χ4v) is 2.76. The van der Waals surface area contributed by atoms with Crippen LogP contribution in [0.1, 0.15) is 5.69 Å². The van der Waals surface area contributed by atoms with Gasteiger partial charge in [0.15, 0.2) is 17.7 Å². The van der Waals surface area contributed by atoms with Gasteiger partial charge in [0.05, 0.1) is 10.9 Å². The van der Waals surface area contributed by atoms with Gasteiger partial charge in [-0.25, -0.2) is 0 Å². The van der Waals surface area contributed by atoms with Crippen molar-refractivity contribution in [1.82, 2.24) is 4.57 Å². The van der Waals surface area contributed by atoms with Crippen molar-refractivity contribution in [2.75, 3.05) is 0 Å². The zero-order valence-corrected chi connectivity index (χ0v) is 10.5. The third kappa shape index (κ3) is 0.944. The van der Waals surface area contributed by atoms with Crippen molar-refractivity contribution in [2.45, 2.75) is 6.92 Å². The number of rotatable bonds is 0. The van der Waals surface area contributed by atoms with Crippen molar-refractivity contribution < 1.29 is 13.7 Å². The summed E-state index contributed by atoms with van der Waals surface area (Å²) in [7, 11) is 4.05. The van der Waals surface area contributed by atoms with Gasteiger partial charge in [0.2, 0.25) is 5.71 Å². The molecule has 0 saturated heterocycles. The smallest absolute Gasteiger partial charge is 0.258 e. The molecule has 0 aliphatic carbocycles.